The molecular formula is C24H17Br2FN2O3. The van der Waals surface area contributed by atoms with E-state index in [0.717, 1.165) is 0 Å². The Bertz CT molecular complexity index is 1180. The third kappa shape index (κ3) is 5.96. The van der Waals surface area contributed by atoms with E-state index < -0.39 is 5.91 Å². The molecule has 5 nitrogen and oxygen atoms in total. The summed E-state index contributed by atoms with van der Waals surface area (Å²) < 4.78 is 25.8. The summed E-state index contributed by atoms with van der Waals surface area (Å²) in [7, 11) is 1.55. The van der Waals surface area contributed by atoms with Crippen molar-refractivity contribution >= 4 is 49.5 Å². The molecule has 3 aromatic rings. The molecule has 0 atom stereocenters. The topological polar surface area (TPSA) is 71.3 Å². The normalized spacial score (nSPS) is 10.9. The Balaban J connectivity index is 1.76. The molecule has 0 fully saturated rings. The summed E-state index contributed by atoms with van der Waals surface area (Å²) in [5.74, 6) is 0.253. The number of ether oxygens (including phenoxy) is 2. The maximum Gasteiger partial charge on any atom is 0.266 e. The minimum absolute atomic E-state index is 0.0484. The van der Waals surface area contributed by atoms with E-state index in [1.165, 1.54) is 12.1 Å². The Hall–Kier alpha value is -3.15. The molecule has 0 aliphatic rings. The van der Waals surface area contributed by atoms with Crippen molar-refractivity contribution in [1.82, 2.24) is 0 Å². The van der Waals surface area contributed by atoms with Crippen LogP contribution in [0, 0.1) is 17.1 Å². The Morgan fingerprint density at radius 2 is 1.78 bits per heavy atom. The molecule has 0 bridgehead atoms. The van der Waals surface area contributed by atoms with Crippen molar-refractivity contribution in [2.24, 2.45) is 0 Å². The van der Waals surface area contributed by atoms with Gasteiger partial charge in [0.1, 0.15) is 35.6 Å². The number of rotatable bonds is 7. The number of nitrogens with one attached hydrogen (secondary N) is 1. The van der Waals surface area contributed by atoms with Gasteiger partial charge in [-0.05, 0) is 86.0 Å². The Kier molecular flexibility index (Phi) is 8.03. The van der Waals surface area contributed by atoms with Crippen molar-refractivity contribution in [2.75, 3.05) is 12.4 Å². The second-order valence-corrected chi connectivity index (χ2v) is 8.25. The van der Waals surface area contributed by atoms with E-state index in [9.17, 15) is 14.4 Å². The van der Waals surface area contributed by atoms with E-state index in [1.807, 2.05) is 6.07 Å². The van der Waals surface area contributed by atoms with Gasteiger partial charge in [-0.1, -0.05) is 18.2 Å². The number of nitriles is 1. The van der Waals surface area contributed by atoms with Crippen molar-refractivity contribution in [3.05, 3.63) is 92.1 Å². The highest BCUT2D eigenvalue weighted by atomic mass is 79.9. The predicted octanol–water partition coefficient (Wildman–Crippen LogP) is 6.48. The Morgan fingerprint density at radius 1 is 1.12 bits per heavy atom. The molecule has 0 radical (unpaired) electrons. The molecule has 0 aromatic heterocycles. The van der Waals surface area contributed by atoms with Crippen LogP contribution in [0.25, 0.3) is 6.08 Å². The van der Waals surface area contributed by atoms with Crippen molar-refractivity contribution in [1.29, 1.82) is 5.26 Å². The van der Waals surface area contributed by atoms with Crippen LogP contribution in [0.4, 0.5) is 10.1 Å². The summed E-state index contributed by atoms with van der Waals surface area (Å²) in [5, 5.41) is 12.1. The highest BCUT2D eigenvalue weighted by Crippen LogP contribution is 2.36. The molecule has 0 saturated carbocycles. The third-order valence-corrected chi connectivity index (χ3v) is 5.55. The van der Waals surface area contributed by atoms with Gasteiger partial charge in [0.05, 0.1) is 16.1 Å². The Labute approximate surface area is 201 Å². The molecule has 0 spiro atoms. The molecule has 0 aliphatic heterocycles. The molecular weight excluding hydrogens is 543 g/mol. The molecule has 3 rings (SSSR count). The van der Waals surface area contributed by atoms with Crippen LogP contribution in [0.2, 0.25) is 0 Å². The van der Waals surface area contributed by atoms with Crippen LogP contribution in [-0.4, -0.2) is 13.0 Å². The highest BCUT2D eigenvalue weighted by Gasteiger charge is 2.13. The minimum atomic E-state index is -0.537. The van der Waals surface area contributed by atoms with Crippen LogP contribution >= 0.6 is 31.9 Å². The summed E-state index contributed by atoms with van der Waals surface area (Å²) in [6, 6.07) is 18.5. The zero-order valence-corrected chi connectivity index (χ0v) is 20.0. The van der Waals surface area contributed by atoms with Crippen molar-refractivity contribution in [3.8, 4) is 17.6 Å². The van der Waals surface area contributed by atoms with Crippen LogP contribution in [0.15, 0.2) is 75.2 Å². The van der Waals surface area contributed by atoms with Gasteiger partial charge in [0, 0.05) is 11.3 Å². The number of hydrogen-bond acceptors (Lipinski definition) is 4. The van der Waals surface area contributed by atoms with Gasteiger partial charge in [-0.15, -0.1) is 0 Å². The average Bonchev–Trinajstić information content (AvgIpc) is 2.78. The summed E-state index contributed by atoms with van der Waals surface area (Å²) in [4.78, 5) is 12.5. The standard InChI is InChI=1S/C24H17Br2FN2O3/c1-31-19-8-6-18(7-9-19)29-24(30)17(13-28)10-15-11-20(25)23(21(26)12-15)32-14-16-4-2-3-5-22(16)27/h2-12H,14H2,1H3,(H,29,30)/b17-10-. The minimum Gasteiger partial charge on any atom is -0.497 e. The number of carbonyl (C=O) groups is 1. The van der Waals surface area contributed by atoms with Crippen molar-refractivity contribution < 1.29 is 18.7 Å². The molecule has 32 heavy (non-hydrogen) atoms. The number of halogens is 3. The van der Waals surface area contributed by atoms with Gasteiger partial charge in [-0.3, -0.25) is 4.79 Å². The number of hydrogen-bond donors (Lipinski definition) is 1. The Morgan fingerprint density at radius 3 is 2.38 bits per heavy atom. The molecule has 162 valence electrons. The van der Waals surface area contributed by atoms with Crippen LogP contribution in [0.3, 0.4) is 0 Å². The maximum absolute atomic E-state index is 13.8. The zero-order chi connectivity index (χ0) is 23.1. The van der Waals surface area contributed by atoms with E-state index in [4.69, 9.17) is 9.47 Å². The van der Waals surface area contributed by atoms with Gasteiger partial charge in [-0.2, -0.15) is 5.26 Å². The van der Waals surface area contributed by atoms with Crippen LogP contribution in [-0.2, 0) is 11.4 Å². The summed E-state index contributed by atoms with van der Waals surface area (Å²) in [6.45, 7) is 0.0484. The monoisotopic (exact) mass is 558 g/mol. The number of methoxy groups -OCH3 is 1. The number of nitrogens with zero attached hydrogens (tertiary/aromatic N) is 1. The lowest BCUT2D eigenvalue weighted by Gasteiger charge is -2.12. The van der Waals surface area contributed by atoms with E-state index in [2.05, 4.69) is 37.2 Å². The van der Waals surface area contributed by atoms with E-state index >= 15 is 0 Å². The largest absolute Gasteiger partial charge is 0.497 e. The smallest absolute Gasteiger partial charge is 0.266 e. The number of benzene rings is 3. The first-order valence-corrected chi connectivity index (χ1v) is 10.9. The molecule has 3 aromatic carbocycles. The van der Waals surface area contributed by atoms with Crippen LogP contribution in [0.5, 0.6) is 11.5 Å². The molecule has 0 saturated heterocycles. The van der Waals surface area contributed by atoms with Crippen molar-refractivity contribution in [3.63, 3.8) is 0 Å². The summed E-state index contributed by atoms with van der Waals surface area (Å²) >= 11 is 6.87. The molecule has 1 N–H and O–H groups in total. The summed E-state index contributed by atoms with van der Waals surface area (Å²) in [6.07, 6.45) is 1.47. The molecule has 0 aliphatic carbocycles. The fourth-order valence-electron chi connectivity index (χ4n) is 2.75. The fourth-order valence-corrected chi connectivity index (χ4v) is 4.20. The SMILES string of the molecule is COc1ccc(NC(=O)/C(C#N)=C\c2cc(Br)c(OCc3ccccc3F)c(Br)c2)cc1. The maximum atomic E-state index is 13.8. The van der Waals surface area contributed by atoms with Crippen molar-refractivity contribution in [2.45, 2.75) is 6.61 Å². The molecule has 0 unspecified atom stereocenters. The highest BCUT2D eigenvalue weighted by molar-refractivity contribution is 9.11. The lowest BCUT2D eigenvalue weighted by atomic mass is 10.1. The second-order valence-electron chi connectivity index (χ2n) is 6.55. The second kappa shape index (κ2) is 10.9. The van der Waals surface area contributed by atoms with Gasteiger partial charge in [0.15, 0.2) is 0 Å². The lowest BCUT2D eigenvalue weighted by Crippen LogP contribution is -2.13. The van der Waals surface area contributed by atoms with Gasteiger partial charge in [-0.25, -0.2) is 4.39 Å². The first kappa shape index (κ1) is 23.5. The average molecular weight is 560 g/mol. The number of anilines is 1. The number of carbonyl (C=O) groups excluding carboxylic acids is 1. The van der Waals surface area contributed by atoms with Gasteiger partial charge >= 0.3 is 0 Å². The lowest BCUT2D eigenvalue weighted by molar-refractivity contribution is -0.112. The van der Waals surface area contributed by atoms with E-state index in [1.54, 1.807) is 61.7 Å². The molecule has 0 heterocycles. The first-order valence-electron chi connectivity index (χ1n) is 9.33. The van der Waals surface area contributed by atoms with Gasteiger partial charge < -0.3 is 14.8 Å². The summed E-state index contributed by atoms with van der Waals surface area (Å²) in [5.41, 5.74) is 1.50. The van der Waals surface area contributed by atoms with E-state index in [-0.39, 0.29) is 18.0 Å². The third-order valence-electron chi connectivity index (χ3n) is 4.37. The quantitative estimate of drug-likeness (QED) is 0.265. The fraction of sp³-hybridized carbons (Fsp3) is 0.0833. The zero-order valence-electron chi connectivity index (χ0n) is 16.9. The molecule has 8 heteroatoms. The van der Waals surface area contributed by atoms with E-state index in [0.29, 0.717) is 37.3 Å². The predicted molar refractivity (Wildman–Crippen MR) is 128 cm³/mol. The van der Waals surface area contributed by atoms with Gasteiger partial charge in [0.2, 0.25) is 0 Å². The first-order chi connectivity index (χ1) is 15.4. The number of amides is 1. The molecule has 1 amide bonds. The van der Waals surface area contributed by atoms with Crippen LogP contribution in [0.1, 0.15) is 11.1 Å². The van der Waals surface area contributed by atoms with Crippen LogP contribution < -0.4 is 14.8 Å². The van der Waals surface area contributed by atoms with Gasteiger partial charge in [0.25, 0.3) is 5.91 Å².